The van der Waals surface area contributed by atoms with Crippen LogP contribution in [0.3, 0.4) is 0 Å². The largest absolute Gasteiger partial charge is 0.345 e. The van der Waals surface area contributed by atoms with E-state index in [2.05, 4.69) is 49.2 Å². The first-order chi connectivity index (χ1) is 15.4. The third-order valence-electron chi connectivity index (χ3n) is 9.28. The van der Waals surface area contributed by atoms with E-state index in [0.717, 1.165) is 25.8 Å². The number of carbonyl (C=O) groups excluding carboxylic acids is 1. The topological polar surface area (TPSA) is 23.6 Å². The Kier molecular flexibility index (Phi) is 4.60. The van der Waals surface area contributed by atoms with Crippen LogP contribution >= 0.6 is 0 Å². The smallest absolute Gasteiger partial charge is 0.223 e. The Labute approximate surface area is 192 Å². The molecule has 168 valence electrons. The van der Waals surface area contributed by atoms with Crippen molar-refractivity contribution in [2.24, 2.45) is 0 Å². The van der Waals surface area contributed by atoms with Crippen LogP contribution in [0, 0.1) is 6.92 Å². The van der Waals surface area contributed by atoms with Crippen LogP contribution < -0.4 is 0 Å². The lowest BCUT2D eigenvalue weighted by Gasteiger charge is -2.36. The molecule has 32 heavy (non-hydrogen) atoms. The van der Waals surface area contributed by atoms with Crippen molar-refractivity contribution >= 4 is 5.91 Å². The van der Waals surface area contributed by atoms with E-state index in [1.54, 1.807) is 11.1 Å². The van der Waals surface area contributed by atoms with Gasteiger partial charge in [0.25, 0.3) is 0 Å². The highest BCUT2D eigenvalue weighted by Crippen LogP contribution is 2.48. The summed E-state index contributed by atoms with van der Waals surface area (Å²) in [4.78, 5) is 16.9. The fourth-order valence-electron chi connectivity index (χ4n) is 7.72. The van der Waals surface area contributed by atoms with Crippen LogP contribution in [-0.2, 0) is 34.9 Å². The molecule has 4 aliphatic rings. The number of likely N-dealkylation sites (tertiary alicyclic amines) is 2. The Morgan fingerprint density at radius 2 is 1.81 bits per heavy atom. The molecule has 2 aromatic rings. The highest BCUT2D eigenvalue weighted by atomic mass is 16.2. The molecular weight excluding hydrogens is 392 g/mol. The summed E-state index contributed by atoms with van der Waals surface area (Å²) < 4.78 is 0. The summed E-state index contributed by atoms with van der Waals surface area (Å²) in [5.41, 5.74) is 11.2. The van der Waals surface area contributed by atoms with Crippen molar-refractivity contribution in [3.05, 3.63) is 69.3 Å². The minimum atomic E-state index is 0.0434. The maximum absolute atomic E-state index is 12.4. The second-order valence-electron chi connectivity index (χ2n) is 11.4. The van der Waals surface area contributed by atoms with Gasteiger partial charge in [0.05, 0.1) is 0 Å². The van der Waals surface area contributed by atoms with Gasteiger partial charge in [0.2, 0.25) is 5.91 Å². The van der Waals surface area contributed by atoms with Crippen molar-refractivity contribution < 1.29 is 4.79 Å². The fraction of sp³-hybridized carbons (Fsp3) is 0.552. The summed E-state index contributed by atoms with van der Waals surface area (Å²) in [6, 6.07) is 11.9. The molecule has 0 saturated carbocycles. The standard InChI is InChI=1S/C29H36N2O/c1-20-14-21(16-26-23(20)9-11-28(26)12-13-30(2)18-28)15-22-6-4-8-25-24(22)7-5-10-29(25)17-27(32)31(3)19-29/h4,6,8,14,16H,5,7,9-13,15,17-19H2,1-3H3. The lowest BCUT2D eigenvalue weighted by molar-refractivity contribution is -0.126. The zero-order valence-electron chi connectivity index (χ0n) is 20.0. The monoisotopic (exact) mass is 428 g/mol. The molecule has 0 bridgehead atoms. The van der Waals surface area contributed by atoms with Crippen molar-refractivity contribution in [3.63, 3.8) is 0 Å². The number of aryl methyl sites for hydroxylation is 1. The first kappa shape index (κ1) is 20.5. The van der Waals surface area contributed by atoms with Gasteiger partial charge in [-0.3, -0.25) is 4.79 Å². The van der Waals surface area contributed by atoms with Gasteiger partial charge in [-0.25, -0.2) is 0 Å². The molecule has 2 atom stereocenters. The van der Waals surface area contributed by atoms with Crippen molar-refractivity contribution in [2.75, 3.05) is 33.7 Å². The van der Waals surface area contributed by atoms with E-state index in [1.807, 2.05) is 11.9 Å². The van der Waals surface area contributed by atoms with Crippen molar-refractivity contribution in [3.8, 4) is 0 Å². The first-order valence-corrected chi connectivity index (χ1v) is 12.6. The third-order valence-corrected chi connectivity index (χ3v) is 9.28. The Morgan fingerprint density at radius 3 is 2.56 bits per heavy atom. The van der Waals surface area contributed by atoms with Crippen LogP contribution in [0.4, 0.5) is 0 Å². The van der Waals surface area contributed by atoms with E-state index in [4.69, 9.17) is 0 Å². The minimum Gasteiger partial charge on any atom is -0.345 e. The average Bonchev–Trinajstić information content (AvgIpc) is 3.40. The summed E-state index contributed by atoms with van der Waals surface area (Å²) in [5, 5.41) is 0. The number of amides is 1. The van der Waals surface area contributed by atoms with Gasteiger partial charge in [0, 0.05) is 37.4 Å². The molecule has 2 aliphatic carbocycles. The van der Waals surface area contributed by atoms with E-state index in [-0.39, 0.29) is 5.41 Å². The Balaban J connectivity index is 1.37. The van der Waals surface area contributed by atoms with Gasteiger partial charge < -0.3 is 9.80 Å². The summed E-state index contributed by atoms with van der Waals surface area (Å²) >= 11 is 0. The number of hydrogen-bond donors (Lipinski definition) is 0. The van der Waals surface area contributed by atoms with E-state index < -0.39 is 0 Å². The normalized spacial score (nSPS) is 29.3. The second kappa shape index (κ2) is 7.18. The number of fused-ring (bicyclic) bond motifs is 4. The maximum atomic E-state index is 12.4. The number of benzene rings is 2. The minimum absolute atomic E-state index is 0.0434. The summed E-state index contributed by atoms with van der Waals surface area (Å²) in [5.74, 6) is 0.310. The quantitative estimate of drug-likeness (QED) is 0.701. The first-order valence-electron chi connectivity index (χ1n) is 12.6. The molecule has 2 aliphatic heterocycles. The summed E-state index contributed by atoms with van der Waals surface area (Å²) in [7, 11) is 4.25. The lowest BCUT2D eigenvalue weighted by atomic mass is 9.68. The third kappa shape index (κ3) is 3.00. The number of likely N-dealkylation sites (N-methyl/N-ethyl adjacent to an activating group) is 2. The number of rotatable bonds is 2. The number of nitrogens with zero attached hydrogens (tertiary/aromatic N) is 2. The van der Waals surface area contributed by atoms with Crippen molar-refractivity contribution in [1.82, 2.24) is 9.80 Å². The van der Waals surface area contributed by atoms with Gasteiger partial charge in [-0.05, 0) is 104 Å². The van der Waals surface area contributed by atoms with Crippen LogP contribution in [-0.4, -0.2) is 49.4 Å². The number of hydrogen-bond acceptors (Lipinski definition) is 2. The fourth-order valence-corrected chi connectivity index (χ4v) is 7.72. The van der Waals surface area contributed by atoms with Gasteiger partial charge in [-0.1, -0.05) is 30.3 Å². The van der Waals surface area contributed by atoms with Gasteiger partial charge in [-0.2, -0.15) is 0 Å². The average molecular weight is 429 g/mol. The molecular formula is C29H36N2O. The van der Waals surface area contributed by atoms with Gasteiger partial charge in [0.1, 0.15) is 0 Å². The molecule has 1 amide bonds. The van der Waals surface area contributed by atoms with Crippen molar-refractivity contribution in [2.45, 2.75) is 69.1 Å². The lowest BCUT2D eigenvalue weighted by Crippen LogP contribution is -2.34. The molecule has 2 fully saturated rings. The molecule has 2 saturated heterocycles. The highest BCUT2D eigenvalue weighted by molar-refractivity contribution is 5.81. The molecule has 3 heteroatoms. The SMILES string of the molecule is Cc1cc(Cc2cccc3c2CCCC32CC(=O)N(C)C2)cc2c1CCC21CCN(C)C1. The van der Waals surface area contributed by atoms with Crippen molar-refractivity contribution in [1.29, 1.82) is 0 Å². The molecule has 2 heterocycles. The van der Waals surface area contributed by atoms with Crippen LogP contribution in [0.25, 0.3) is 0 Å². The van der Waals surface area contributed by atoms with E-state index in [1.165, 1.54) is 66.6 Å². The zero-order valence-corrected chi connectivity index (χ0v) is 20.0. The van der Waals surface area contributed by atoms with E-state index in [0.29, 0.717) is 17.7 Å². The van der Waals surface area contributed by atoms with E-state index >= 15 is 0 Å². The molecule has 2 aromatic carbocycles. The summed E-state index contributed by atoms with van der Waals surface area (Å²) in [6.07, 6.45) is 9.09. The molecule has 6 rings (SSSR count). The molecule has 0 aromatic heterocycles. The Bertz CT molecular complexity index is 1100. The van der Waals surface area contributed by atoms with E-state index in [9.17, 15) is 4.79 Å². The molecule has 3 nitrogen and oxygen atoms in total. The predicted molar refractivity (Wildman–Crippen MR) is 129 cm³/mol. The molecule has 2 unspecified atom stereocenters. The molecule has 0 radical (unpaired) electrons. The maximum Gasteiger partial charge on any atom is 0.223 e. The zero-order chi connectivity index (χ0) is 22.1. The van der Waals surface area contributed by atoms with Crippen LogP contribution in [0.2, 0.25) is 0 Å². The van der Waals surface area contributed by atoms with Gasteiger partial charge in [-0.15, -0.1) is 0 Å². The molecule has 0 N–H and O–H groups in total. The summed E-state index contributed by atoms with van der Waals surface area (Å²) in [6.45, 7) is 5.66. The van der Waals surface area contributed by atoms with Gasteiger partial charge >= 0.3 is 0 Å². The van der Waals surface area contributed by atoms with Gasteiger partial charge in [0.15, 0.2) is 0 Å². The Morgan fingerprint density at radius 1 is 0.938 bits per heavy atom. The van der Waals surface area contributed by atoms with Crippen LogP contribution in [0.15, 0.2) is 30.3 Å². The number of carbonyl (C=O) groups is 1. The van der Waals surface area contributed by atoms with Crippen LogP contribution in [0.1, 0.15) is 71.0 Å². The Hall–Kier alpha value is -2.13. The second-order valence-corrected chi connectivity index (χ2v) is 11.4. The highest BCUT2D eigenvalue weighted by Gasteiger charge is 2.46. The van der Waals surface area contributed by atoms with Crippen LogP contribution in [0.5, 0.6) is 0 Å². The molecule has 2 spiro atoms. The predicted octanol–water partition coefficient (Wildman–Crippen LogP) is 4.54.